The molecule has 0 N–H and O–H groups in total. The van der Waals surface area contributed by atoms with Crippen molar-refractivity contribution in [2.45, 2.75) is 113 Å². The van der Waals surface area contributed by atoms with Gasteiger partial charge in [0, 0.05) is 5.41 Å². The van der Waals surface area contributed by atoms with Gasteiger partial charge in [-0.05, 0) is 70.3 Å². The summed E-state index contributed by atoms with van der Waals surface area (Å²) in [5.74, 6) is -0.125. The van der Waals surface area contributed by atoms with Crippen molar-refractivity contribution >= 4 is 17.2 Å². The highest BCUT2D eigenvalue weighted by molar-refractivity contribution is 7.87. The van der Waals surface area contributed by atoms with E-state index in [-0.39, 0.29) is 44.3 Å². The van der Waals surface area contributed by atoms with E-state index in [4.69, 9.17) is 9.31 Å². The maximum absolute atomic E-state index is 12.0. The maximum atomic E-state index is 12.0. The topological polar surface area (TPSA) is 61.8 Å². The molecule has 0 aromatic rings. The molecule has 194 valence electrons. The maximum Gasteiger partial charge on any atom is 0.534 e. The van der Waals surface area contributed by atoms with Gasteiger partial charge in [-0.2, -0.15) is 21.6 Å². The van der Waals surface area contributed by atoms with Crippen LogP contribution >= 0.6 is 0 Å². The van der Waals surface area contributed by atoms with E-state index in [1.54, 1.807) is 13.8 Å². The second kappa shape index (κ2) is 9.94. The summed E-state index contributed by atoms with van der Waals surface area (Å²) < 4.78 is 73.7. The highest BCUT2D eigenvalue weighted by Crippen LogP contribution is 2.46. The first-order valence-electron chi connectivity index (χ1n) is 10.5. The van der Waals surface area contributed by atoms with E-state index in [1.807, 2.05) is 0 Å². The van der Waals surface area contributed by atoms with Crippen LogP contribution in [0, 0.1) is 10.8 Å². The van der Waals surface area contributed by atoms with Crippen molar-refractivity contribution in [3.05, 3.63) is 23.4 Å². The van der Waals surface area contributed by atoms with Gasteiger partial charge in [-0.3, -0.25) is 0 Å². The number of allylic oxidation sites excluding steroid dienone is 4. The van der Waals surface area contributed by atoms with Crippen molar-refractivity contribution in [2.24, 2.45) is 10.8 Å². The fraction of sp³-hybridized carbons (Fsp3) is 0.826. The van der Waals surface area contributed by atoms with E-state index in [0.717, 1.165) is 6.42 Å². The Hall–Kier alpha value is -0.995. The van der Waals surface area contributed by atoms with Gasteiger partial charge in [0.2, 0.25) is 0 Å². The molecule has 0 atom stereocenters. The zero-order chi connectivity index (χ0) is 24.1. The van der Waals surface area contributed by atoms with Gasteiger partial charge in [0.25, 0.3) is 0 Å². The zero-order valence-corrected chi connectivity index (χ0v) is 20.5. The number of halogens is 3. The number of hydrogen-bond acceptors (Lipinski definition) is 5. The van der Waals surface area contributed by atoms with Crippen molar-refractivity contribution in [3.63, 3.8) is 0 Å². The minimum absolute atomic E-state index is 0. The lowest BCUT2D eigenvalue weighted by Gasteiger charge is -2.32. The molecule has 1 saturated heterocycles. The Morgan fingerprint density at radius 1 is 0.848 bits per heavy atom. The first kappa shape index (κ1) is 32.0. The first-order valence-corrected chi connectivity index (χ1v) is 11.9. The van der Waals surface area contributed by atoms with Crippen LogP contribution in [0.3, 0.4) is 0 Å². The predicted molar refractivity (Wildman–Crippen MR) is 128 cm³/mol. The largest absolute Gasteiger partial charge is 0.534 e. The highest BCUT2D eigenvalue weighted by Gasteiger charge is 2.55. The van der Waals surface area contributed by atoms with Crippen LogP contribution in [0.15, 0.2) is 23.4 Å². The SMILES string of the molecule is C.C.CC1(C)CCC=C1B1OC(C)(C)C(C)(C)O1.CC1(C)CCC=C1OS(=O)(=O)C(F)(F)F. The third kappa shape index (κ3) is 6.78. The lowest BCUT2D eigenvalue weighted by molar-refractivity contribution is -0.0530. The highest BCUT2D eigenvalue weighted by atomic mass is 32.2. The van der Waals surface area contributed by atoms with Crippen LogP contribution in [0.1, 0.15) is 95.9 Å². The molecular formula is C23H42BF3O5S. The fourth-order valence-electron chi connectivity index (χ4n) is 3.67. The summed E-state index contributed by atoms with van der Waals surface area (Å²) in [5.41, 5.74) is -4.92. The van der Waals surface area contributed by atoms with Crippen molar-refractivity contribution in [1.29, 1.82) is 0 Å². The van der Waals surface area contributed by atoms with Crippen LogP contribution < -0.4 is 0 Å². The van der Waals surface area contributed by atoms with Crippen LogP contribution in [-0.2, 0) is 23.6 Å². The molecular weight excluding hydrogens is 456 g/mol. The predicted octanol–water partition coefficient (Wildman–Crippen LogP) is 7.19. The number of alkyl halides is 3. The summed E-state index contributed by atoms with van der Waals surface area (Å²) in [7, 11) is -5.67. The van der Waals surface area contributed by atoms with E-state index in [0.29, 0.717) is 12.8 Å². The zero-order valence-electron chi connectivity index (χ0n) is 19.6. The molecule has 5 nitrogen and oxygen atoms in total. The van der Waals surface area contributed by atoms with Crippen LogP contribution in [0.5, 0.6) is 0 Å². The summed E-state index contributed by atoms with van der Waals surface area (Å²) in [5, 5.41) is 0. The van der Waals surface area contributed by atoms with Gasteiger partial charge >= 0.3 is 22.7 Å². The van der Waals surface area contributed by atoms with Crippen molar-refractivity contribution in [2.75, 3.05) is 0 Å². The molecule has 0 bridgehead atoms. The average Bonchev–Trinajstić information content (AvgIpc) is 3.12. The lowest BCUT2D eigenvalue weighted by atomic mass is 9.65. The molecule has 1 aliphatic heterocycles. The van der Waals surface area contributed by atoms with E-state index < -0.39 is 21.0 Å². The standard InChI is InChI=1S/C13H23BO2.C8H11F3O3S.2CH4/c1-11(2)9-7-8-10(11)14-15-12(3,4)13(5,6)16-14;1-7(2)5-3-4-6(7)14-15(12,13)8(9,10)11;;/h8H,7,9H2,1-6H3;4H,3,5H2,1-2H3;2*1H4. The number of hydrogen-bond donors (Lipinski definition) is 0. The van der Waals surface area contributed by atoms with Crippen molar-refractivity contribution < 1.29 is 35.1 Å². The van der Waals surface area contributed by atoms with E-state index in [2.05, 4.69) is 51.8 Å². The molecule has 2 aliphatic carbocycles. The summed E-state index contributed by atoms with van der Waals surface area (Å²) in [6.45, 7) is 16.2. The van der Waals surface area contributed by atoms with E-state index in [1.165, 1.54) is 18.0 Å². The summed E-state index contributed by atoms with van der Waals surface area (Å²) in [6, 6.07) is 0. The van der Waals surface area contributed by atoms with Crippen molar-refractivity contribution in [1.82, 2.24) is 0 Å². The lowest BCUT2D eigenvalue weighted by Crippen LogP contribution is -2.41. The van der Waals surface area contributed by atoms with Gasteiger partial charge in [0.1, 0.15) is 5.76 Å². The summed E-state index contributed by atoms with van der Waals surface area (Å²) in [6.07, 6.45) is 7.12. The normalized spacial score (nSPS) is 24.5. The molecule has 10 heteroatoms. The molecule has 33 heavy (non-hydrogen) atoms. The third-order valence-electron chi connectivity index (χ3n) is 6.67. The molecule has 0 radical (unpaired) electrons. The van der Waals surface area contributed by atoms with Crippen LogP contribution in [0.2, 0.25) is 0 Å². The summed E-state index contributed by atoms with van der Waals surface area (Å²) in [4.78, 5) is 0. The Labute approximate surface area is 199 Å². The molecule has 0 unspecified atom stereocenters. The Morgan fingerprint density at radius 2 is 1.27 bits per heavy atom. The number of rotatable bonds is 3. The molecule has 3 aliphatic rings. The van der Waals surface area contributed by atoms with Gasteiger partial charge in [-0.1, -0.05) is 48.6 Å². The van der Waals surface area contributed by atoms with E-state index >= 15 is 0 Å². The fourth-order valence-corrected chi connectivity index (χ4v) is 4.29. The quantitative estimate of drug-likeness (QED) is 0.234. The molecule has 0 aromatic heterocycles. The van der Waals surface area contributed by atoms with Gasteiger partial charge in [-0.15, -0.1) is 0 Å². The molecule has 1 heterocycles. The smallest absolute Gasteiger partial charge is 0.400 e. The second-order valence-electron chi connectivity index (χ2n) is 10.6. The summed E-state index contributed by atoms with van der Waals surface area (Å²) >= 11 is 0. The molecule has 0 amide bonds. The van der Waals surface area contributed by atoms with Crippen LogP contribution in [-0.4, -0.2) is 32.2 Å². The van der Waals surface area contributed by atoms with Crippen LogP contribution in [0.25, 0.3) is 0 Å². The van der Waals surface area contributed by atoms with Gasteiger partial charge in [-0.25, -0.2) is 0 Å². The molecule has 0 saturated carbocycles. The monoisotopic (exact) mass is 498 g/mol. The average molecular weight is 498 g/mol. The van der Waals surface area contributed by atoms with Gasteiger partial charge < -0.3 is 13.5 Å². The van der Waals surface area contributed by atoms with E-state index in [9.17, 15) is 21.6 Å². The molecule has 1 fully saturated rings. The molecule has 0 aromatic carbocycles. The molecule has 0 spiro atoms. The third-order valence-corrected chi connectivity index (χ3v) is 7.64. The Kier molecular flexibility index (Phi) is 9.64. The Morgan fingerprint density at radius 3 is 1.61 bits per heavy atom. The van der Waals surface area contributed by atoms with Crippen molar-refractivity contribution in [3.8, 4) is 0 Å². The van der Waals surface area contributed by atoms with Gasteiger partial charge in [0.15, 0.2) is 0 Å². The van der Waals surface area contributed by atoms with Gasteiger partial charge in [0.05, 0.1) is 11.2 Å². The Balaban J connectivity index is 0.000000587. The second-order valence-corrected chi connectivity index (χ2v) is 12.2. The van der Waals surface area contributed by atoms with Crippen LogP contribution in [0.4, 0.5) is 13.2 Å². The molecule has 3 rings (SSSR count). The Bertz CT molecular complexity index is 840. The first-order chi connectivity index (χ1) is 13.7. The minimum atomic E-state index is -5.52. The minimum Gasteiger partial charge on any atom is -0.400 e.